The fraction of sp³-hybridized carbons (Fsp3) is 0.409. The van der Waals surface area contributed by atoms with E-state index in [0.29, 0.717) is 17.7 Å². The first-order valence-electron chi connectivity index (χ1n) is 9.46. The molecule has 3 rings (SSSR count). The number of amides is 1. The third-order valence-electron chi connectivity index (χ3n) is 5.03. The monoisotopic (exact) mass is 370 g/mol. The zero-order chi connectivity index (χ0) is 19.2. The molecule has 1 unspecified atom stereocenters. The number of ether oxygens (including phenoxy) is 1. The standard InChI is InChI=1S/C22H27FN2O2/c1-17-8-9-20(14-21(17)23)22(26)25(16-19-6-4-3-5-7-19)18(2)15-24-10-12-27-13-11-24/h3-9,14,18H,10-13,15-16H2,1-2H3. The number of halogens is 1. The molecule has 4 nitrogen and oxygen atoms in total. The molecule has 27 heavy (non-hydrogen) atoms. The van der Waals surface area contributed by atoms with Crippen molar-refractivity contribution in [3.05, 3.63) is 71.0 Å². The van der Waals surface area contributed by atoms with Crippen molar-refractivity contribution in [1.82, 2.24) is 9.80 Å². The van der Waals surface area contributed by atoms with Gasteiger partial charge in [0.05, 0.1) is 13.2 Å². The summed E-state index contributed by atoms with van der Waals surface area (Å²) in [6.07, 6.45) is 0. The SMILES string of the molecule is Cc1ccc(C(=O)N(Cc2ccccc2)C(C)CN2CCOCC2)cc1F. The minimum Gasteiger partial charge on any atom is -0.379 e. The van der Waals surface area contributed by atoms with E-state index in [4.69, 9.17) is 4.74 Å². The molecule has 0 N–H and O–H groups in total. The van der Waals surface area contributed by atoms with Gasteiger partial charge >= 0.3 is 0 Å². The van der Waals surface area contributed by atoms with Gasteiger partial charge in [0, 0.05) is 37.8 Å². The maximum Gasteiger partial charge on any atom is 0.254 e. The number of carbonyl (C=O) groups excluding carboxylic acids is 1. The minimum absolute atomic E-state index is 0.000158. The number of hydrogen-bond acceptors (Lipinski definition) is 3. The first-order valence-corrected chi connectivity index (χ1v) is 9.46. The first-order chi connectivity index (χ1) is 13.0. The highest BCUT2D eigenvalue weighted by atomic mass is 19.1. The Kier molecular flexibility index (Phi) is 6.58. The van der Waals surface area contributed by atoms with Gasteiger partial charge in [0.25, 0.3) is 5.91 Å². The molecule has 144 valence electrons. The van der Waals surface area contributed by atoms with Crippen LogP contribution in [0.1, 0.15) is 28.4 Å². The predicted molar refractivity (Wildman–Crippen MR) is 104 cm³/mol. The average Bonchev–Trinajstić information content (AvgIpc) is 2.69. The molecule has 1 saturated heterocycles. The molecule has 5 heteroatoms. The zero-order valence-electron chi connectivity index (χ0n) is 16.0. The molecule has 0 radical (unpaired) electrons. The van der Waals surface area contributed by atoms with Crippen molar-refractivity contribution in [3.63, 3.8) is 0 Å². The minimum atomic E-state index is -0.346. The summed E-state index contributed by atoms with van der Waals surface area (Å²) in [5, 5.41) is 0. The average molecular weight is 370 g/mol. The molecule has 0 aliphatic carbocycles. The van der Waals surface area contributed by atoms with Crippen LogP contribution in [-0.2, 0) is 11.3 Å². The molecule has 1 fully saturated rings. The molecule has 2 aromatic carbocycles. The number of hydrogen-bond donors (Lipinski definition) is 0. The van der Waals surface area contributed by atoms with Crippen LogP contribution in [0.5, 0.6) is 0 Å². The number of nitrogens with zero attached hydrogens (tertiary/aromatic N) is 2. The van der Waals surface area contributed by atoms with Crippen molar-refractivity contribution < 1.29 is 13.9 Å². The van der Waals surface area contributed by atoms with E-state index >= 15 is 0 Å². The second-order valence-electron chi connectivity index (χ2n) is 7.14. The number of benzene rings is 2. The molecule has 0 spiro atoms. The largest absolute Gasteiger partial charge is 0.379 e. The normalized spacial score (nSPS) is 16.1. The highest BCUT2D eigenvalue weighted by molar-refractivity contribution is 5.94. The van der Waals surface area contributed by atoms with Crippen LogP contribution in [0, 0.1) is 12.7 Å². The van der Waals surface area contributed by atoms with Crippen molar-refractivity contribution >= 4 is 5.91 Å². The maximum atomic E-state index is 14.0. The summed E-state index contributed by atoms with van der Waals surface area (Å²) in [7, 11) is 0. The van der Waals surface area contributed by atoms with Crippen LogP contribution in [-0.4, -0.2) is 54.6 Å². The van der Waals surface area contributed by atoms with Crippen LogP contribution >= 0.6 is 0 Å². The molecule has 1 amide bonds. The lowest BCUT2D eigenvalue weighted by Gasteiger charge is -2.35. The van der Waals surface area contributed by atoms with Gasteiger partial charge in [0.1, 0.15) is 5.82 Å². The van der Waals surface area contributed by atoms with Gasteiger partial charge in [-0.15, -0.1) is 0 Å². The Hall–Kier alpha value is -2.24. The molecule has 1 aliphatic heterocycles. The van der Waals surface area contributed by atoms with E-state index in [1.807, 2.05) is 35.2 Å². The molecule has 0 bridgehead atoms. The van der Waals surface area contributed by atoms with E-state index < -0.39 is 0 Å². The van der Waals surface area contributed by atoms with Gasteiger partial charge in [-0.1, -0.05) is 36.4 Å². The van der Waals surface area contributed by atoms with Crippen LogP contribution in [0.4, 0.5) is 4.39 Å². The number of rotatable bonds is 6. The van der Waals surface area contributed by atoms with E-state index in [1.54, 1.807) is 19.1 Å². The maximum absolute atomic E-state index is 14.0. The highest BCUT2D eigenvalue weighted by Gasteiger charge is 2.25. The summed E-state index contributed by atoms with van der Waals surface area (Å²) < 4.78 is 19.4. The topological polar surface area (TPSA) is 32.8 Å². The van der Waals surface area contributed by atoms with Gasteiger partial charge in [0.2, 0.25) is 0 Å². The molecule has 1 heterocycles. The van der Waals surface area contributed by atoms with Gasteiger partial charge in [0.15, 0.2) is 0 Å². The third kappa shape index (κ3) is 5.15. The highest BCUT2D eigenvalue weighted by Crippen LogP contribution is 2.17. The summed E-state index contributed by atoms with van der Waals surface area (Å²) >= 11 is 0. The summed E-state index contributed by atoms with van der Waals surface area (Å²) in [5.74, 6) is -0.486. The lowest BCUT2D eigenvalue weighted by molar-refractivity contribution is 0.0228. The van der Waals surface area contributed by atoms with Crippen LogP contribution in [0.3, 0.4) is 0 Å². The Balaban J connectivity index is 1.81. The second kappa shape index (κ2) is 9.11. The molecule has 2 aromatic rings. The molecular weight excluding hydrogens is 343 g/mol. The Bertz CT molecular complexity index is 760. The number of aryl methyl sites for hydroxylation is 1. The summed E-state index contributed by atoms with van der Waals surface area (Å²) in [4.78, 5) is 17.4. The van der Waals surface area contributed by atoms with Gasteiger partial charge in [-0.3, -0.25) is 9.69 Å². The van der Waals surface area contributed by atoms with Gasteiger partial charge in [-0.05, 0) is 37.1 Å². The van der Waals surface area contributed by atoms with Crippen LogP contribution in [0.15, 0.2) is 48.5 Å². The fourth-order valence-corrected chi connectivity index (χ4v) is 3.36. The van der Waals surface area contributed by atoms with Crippen molar-refractivity contribution in [2.75, 3.05) is 32.8 Å². The van der Waals surface area contributed by atoms with Crippen molar-refractivity contribution in [2.24, 2.45) is 0 Å². The first kappa shape index (κ1) is 19.5. The van der Waals surface area contributed by atoms with E-state index in [9.17, 15) is 9.18 Å². The second-order valence-corrected chi connectivity index (χ2v) is 7.14. The molecule has 1 aliphatic rings. The van der Waals surface area contributed by atoms with Crippen molar-refractivity contribution in [2.45, 2.75) is 26.4 Å². The van der Waals surface area contributed by atoms with Crippen LogP contribution in [0.2, 0.25) is 0 Å². The van der Waals surface area contributed by atoms with Gasteiger partial charge in [-0.25, -0.2) is 4.39 Å². The van der Waals surface area contributed by atoms with Crippen molar-refractivity contribution in [1.29, 1.82) is 0 Å². The fourth-order valence-electron chi connectivity index (χ4n) is 3.36. The predicted octanol–water partition coefficient (Wildman–Crippen LogP) is 3.50. The van der Waals surface area contributed by atoms with E-state index in [-0.39, 0.29) is 17.8 Å². The quantitative estimate of drug-likeness (QED) is 0.780. The van der Waals surface area contributed by atoms with E-state index in [2.05, 4.69) is 11.8 Å². The summed E-state index contributed by atoms with van der Waals surface area (Å²) in [5.41, 5.74) is 2.00. The zero-order valence-corrected chi connectivity index (χ0v) is 16.0. The summed E-state index contributed by atoms with van der Waals surface area (Å²) in [6, 6.07) is 14.6. The van der Waals surface area contributed by atoms with E-state index in [1.165, 1.54) is 6.07 Å². The van der Waals surface area contributed by atoms with Crippen molar-refractivity contribution in [3.8, 4) is 0 Å². The number of carbonyl (C=O) groups is 1. The van der Waals surface area contributed by atoms with Crippen LogP contribution in [0.25, 0.3) is 0 Å². The molecule has 0 saturated carbocycles. The van der Waals surface area contributed by atoms with E-state index in [0.717, 1.165) is 38.4 Å². The Morgan fingerprint density at radius 3 is 2.56 bits per heavy atom. The van der Waals surface area contributed by atoms with Gasteiger partial charge < -0.3 is 9.64 Å². The van der Waals surface area contributed by atoms with Gasteiger partial charge in [-0.2, -0.15) is 0 Å². The third-order valence-corrected chi connectivity index (χ3v) is 5.03. The Morgan fingerprint density at radius 2 is 1.89 bits per heavy atom. The molecule has 0 aromatic heterocycles. The number of morpholine rings is 1. The molecule has 1 atom stereocenters. The Morgan fingerprint density at radius 1 is 1.19 bits per heavy atom. The molecular formula is C22H27FN2O2. The lowest BCUT2D eigenvalue weighted by Crippen LogP contribution is -2.48. The lowest BCUT2D eigenvalue weighted by atomic mass is 10.1. The smallest absolute Gasteiger partial charge is 0.254 e. The Labute approximate surface area is 160 Å². The van der Waals surface area contributed by atoms with Crippen LogP contribution < -0.4 is 0 Å². The summed E-state index contributed by atoms with van der Waals surface area (Å²) in [6.45, 7) is 8.23.